The third-order valence-electron chi connectivity index (χ3n) is 1.65. The predicted molar refractivity (Wildman–Crippen MR) is 61.6 cm³/mol. The second-order valence-corrected chi connectivity index (χ2v) is 3.56. The standard InChI is InChI=1S/C9H9BrO2.C2H6/c1-6-2-3-8(10)4-7(6)5-9(11)12;1-2/h2-4H,5H2,1H3,(H,11,12);1-2H3. The van der Waals surface area contributed by atoms with Gasteiger partial charge < -0.3 is 5.11 Å². The first kappa shape index (κ1) is 13.2. The Morgan fingerprint density at radius 1 is 1.43 bits per heavy atom. The molecule has 2 nitrogen and oxygen atoms in total. The quantitative estimate of drug-likeness (QED) is 0.883. The lowest BCUT2D eigenvalue weighted by atomic mass is 10.1. The number of hydrogen-bond acceptors (Lipinski definition) is 1. The molecule has 78 valence electrons. The van der Waals surface area contributed by atoms with Crippen molar-refractivity contribution in [2.75, 3.05) is 0 Å². The molecule has 0 spiro atoms. The van der Waals surface area contributed by atoms with Crippen LogP contribution < -0.4 is 0 Å². The molecule has 0 amide bonds. The van der Waals surface area contributed by atoms with E-state index in [4.69, 9.17) is 5.11 Å². The van der Waals surface area contributed by atoms with E-state index in [1.165, 1.54) is 0 Å². The van der Waals surface area contributed by atoms with Crippen molar-refractivity contribution >= 4 is 21.9 Å². The van der Waals surface area contributed by atoms with Gasteiger partial charge in [-0.1, -0.05) is 35.8 Å². The number of benzene rings is 1. The summed E-state index contributed by atoms with van der Waals surface area (Å²) in [5, 5.41) is 8.57. The van der Waals surface area contributed by atoms with E-state index >= 15 is 0 Å². The fourth-order valence-corrected chi connectivity index (χ4v) is 1.40. The molecule has 1 aromatic carbocycles. The maximum absolute atomic E-state index is 10.4. The average molecular weight is 259 g/mol. The van der Waals surface area contributed by atoms with Crippen molar-refractivity contribution in [3.8, 4) is 0 Å². The Kier molecular flexibility index (Phi) is 6.21. The Morgan fingerprint density at radius 2 is 2.00 bits per heavy atom. The lowest BCUT2D eigenvalue weighted by molar-refractivity contribution is -0.136. The van der Waals surface area contributed by atoms with Crippen molar-refractivity contribution in [1.29, 1.82) is 0 Å². The Balaban J connectivity index is 0.000000791. The number of carboxylic acid groups (broad SMARTS) is 1. The first-order valence-electron chi connectivity index (χ1n) is 4.56. The largest absolute Gasteiger partial charge is 0.481 e. The number of rotatable bonds is 2. The van der Waals surface area contributed by atoms with Crippen LogP contribution in [0.25, 0.3) is 0 Å². The van der Waals surface area contributed by atoms with Crippen LogP contribution in [0.2, 0.25) is 0 Å². The number of carbonyl (C=O) groups is 1. The third-order valence-corrected chi connectivity index (χ3v) is 2.15. The molecule has 0 aliphatic rings. The summed E-state index contributed by atoms with van der Waals surface area (Å²) in [6.07, 6.45) is 0.0886. The Labute approximate surface area is 93.1 Å². The first-order chi connectivity index (χ1) is 6.59. The van der Waals surface area contributed by atoms with Crippen LogP contribution in [-0.4, -0.2) is 11.1 Å². The minimum Gasteiger partial charge on any atom is -0.481 e. The summed E-state index contributed by atoms with van der Waals surface area (Å²) in [4.78, 5) is 10.4. The van der Waals surface area contributed by atoms with Gasteiger partial charge in [-0.25, -0.2) is 0 Å². The van der Waals surface area contributed by atoms with E-state index in [9.17, 15) is 4.79 Å². The zero-order chi connectivity index (χ0) is 11.1. The SMILES string of the molecule is CC.Cc1ccc(Br)cc1CC(=O)O. The fourth-order valence-electron chi connectivity index (χ4n) is 0.993. The zero-order valence-corrected chi connectivity index (χ0v) is 10.3. The van der Waals surface area contributed by atoms with Crippen molar-refractivity contribution in [1.82, 2.24) is 0 Å². The van der Waals surface area contributed by atoms with E-state index in [-0.39, 0.29) is 6.42 Å². The molecule has 0 radical (unpaired) electrons. The monoisotopic (exact) mass is 258 g/mol. The predicted octanol–water partition coefficient (Wildman–Crippen LogP) is 3.41. The smallest absolute Gasteiger partial charge is 0.307 e. The van der Waals surface area contributed by atoms with E-state index < -0.39 is 5.97 Å². The van der Waals surface area contributed by atoms with Crippen molar-refractivity contribution in [2.45, 2.75) is 27.2 Å². The minimum atomic E-state index is -0.795. The number of halogens is 1. The molecular formula is C11H15BrO2. The molecule has 0 saturated carbocycles. The van der Waals surface area contributed by atoms with Crippen molar-refractivity contribution in [2.24, 2.45) is 0 Å². The van der Waals surface area contributed by atoms with Crippen LogP contribution >= 0.6 is 15.9 Å². The molecule has 0 heterocycles. The highest BCUT2D eigenvalue weighted by Gasteiger charge is 2.03. The maximum Gasteiger partial charge on any atom is 0.307 e. The van der Waals surface area contributed by atoms with Gasteiger partial charge in [-0.15, -0.1) is 0 Å². The summed E-state index contributed by atoms with van der Waals surface area (Å²) >= 11 is 3.29. The van der Waals surface area contributed by atoms with Crippen LogP contribution in [0.3, 0.4) is 0 Å². The van der Waals surface area contributed by atoms with E-state index in [2.05, 4.69) is 15.9 Å². The molecule has 1 aromatic rings. The van der Waals surface area contributed by atoms with E-state index in [1.807, 2.05) is 39.0 Å². The maximum atomic E-state index is 10.4. The van der Waals surface area contributed by atoms with Crippen LogP contribution in [-0.2, 0) is 11.2 Å². The highest BCUT2D eigenvalue weighted by atomic mass is 79.9. The molecular weight excluding hydrogens is 244 g/mol. The summed E-state index contributed by atoms with van der Waals surface area (Å²) in [5.74, 6) is -0.795. The molecule has 3 heteroatoms. The summed E-state index contributed by atoms with van der Waals surface area (Å²) in [7, 11) is 0. The number of aryl methyl sites for hydroxylation is 1. The van der Waals surface area contributed by atoms with Gasteiger partial charge in [0.25, 0.3) is 0 Å². The summed E-state index contributed by atoms with van der Waals surface area (Å²) < 4.78 is 0.921. The molecule has 0 saturated heterocycles. The van der Waals surface area contributed by atoms with Crippen LogP contribution in [0, 0.1) is 6.92 Å². The van der Waals surface area contributed by atoms with Gasteiger partial charge in [-0.2, -0.15) is 0 Å². The molecule has 1 rings (SSSR count). The molecule has 1 N–H and O–H groups in total. The fraction of sp³-hybridized carbons (Fsp3) is 0.364. The van der Waals surface area contributed by atoms with Crippen molar-refractivity contribution < 1.29 is 9.90 Å². The number of hydrogen-bond donors (Lipinski definition) is 1. The molecule has 0 aromatic heterocycles. The Morgan fingerprint density at radius 3 is 2.50 bits per heavy atom. The Hall–Kier alpha value is -0.830. The van der Waals surface area contributed by atoms with Gasteiger partial charge in [0.2, 0.25) is 0 Å². The van der Waals surface area contributed by atoms with Crippen LogP contribution in [0.4, 0.5) is 0 Å². The molecule has 0 bridgehead atoms. The first-order valence-corrected chi connectivity index (χ1v) is 5.35. The normalized spacial score (nSPS) is 8.86. The van der Waals surface area contributed by atoms with Gasteiger partial charge in [-0.3, -0.25) is 4.79 Å². The lowest BCUT2D eigenvalue weighted by Crippen LogP contribution is -2.01. The average Bonchev–Trinajstić information content (AvgIpc) is 2.14. The lowest BCUT2D eigenvalue weighted by Gasteiger charge is -2.02. The second-order valence-electron chi connectivity index (χ2n) is 2.64. The van der Waals surface area contributed by atoms with Gasteiger partial charge in [0, 0.05) is 4.47 Å². The zero-order valence-electron chi connectivity index (χ0n) is 8.67. The summed E-state index contributed by atoms with van der Waals surface area (Å²) in [5.41, 5.74) is 1.87. The molecule has 14 heavy (non-hydrogen) atoms. The molecule has 0 fully saturated rings. The van der Waals surface area contributed by atoms with Gasteiger partial charge in [-0.05, 0) is 30.2 Å². The van der Waals surface area contributed by atoms with Gasteiger partial charge in [0.05, 0.1) is 6.42 Å². The van der Waals surface area contributed by atoms with Crippen LogP contribution in [0.15, 0.2) is 22.7 Å². The van der Waals surface area contributed by atoms with Gasteiger partial charge in [0.15, 0.2) is 0 Å². The molecule has 0 unspecified atom stereocenters. The molecule has 0 aliphatic heterocycles. The second kappa shape index (κ2) is 6.60. The van der Waals surface area contributed by atoms with Crippen LogP contribution in [0.1, 0.15) is 25.0 Å². The Bertz CT molecular complexity index is 308. The van der Waals surface area contributed by atoms with Gasteiger partial charge >= 0.3 is 5.97 Å². The summed E-state index contributed by atoms with van der Waals surface area (Å²) in [6, 6.07) is 5.65. The van der Waals surface area contributed by atoms with E-state index in [1.54, 1.807) is 0 Å². The summed E-state index contributed by atoms with van der Waals surface area (Å²) in [6.45, 7) is 5.91. The number of carboxylic acids is 1. The van der Waals surface area contributed by atoms with Crippen molar-refractivity contribution in [3.63, 3.8) is 0 Å². The van der Waals surface area contributed by atoms with Gasteiger partial charge in [0.1, 0.15) is 0 Å². The molecule has 0 atom stereocenters. The number of aliphatic carboxylic acids is 1. The van der Waals surface area contributed by atoms with Crippen molar-refractivity contribution in [3.05, 3.63) is 33.8 Å². The van der Waals surface area contributed by atoms with E-state index in [0.717, 1.165) is 15.6 Å². The highest BCUT2D eigenvalue weighted by molar-refractivity contribution is 9.10. The molecule has 0 aliphatic carbocycles. The van der Waals surface area contributed by atoms with E-state index in [0.29, 0.717) is 0 Å². The minimum absolute atomic E-state index is 0.0886. The highest BCUT2D eigenvalue weighted by Crippen LogP contribution is 2.16. The third kappa shape index (κ3) is 4.42. The van der Waals surface area contributed by atoms with Crippen LogP contribution in [0.5, 0.6) is 0 Å². The topological polar surface area (TPSA) is 37.3 Å².